The molecule has 0 aromatic rings. The van der Waals surface area contributed by atoms with Crippen molar-refractivity contribution in [1.82, 2.24) is 0 Å². The van der Waals surface area contributed by atoms with E-state index in [9.17, 15) is 0 Å². The van der Waals surface area contributed by atoms with Gasteiger partial charge in [-0.15, -0.1) is 0 Å². The minimum Gasteiger partial charge on any atom is -0.496 e. The van der Waals surface area contributed by atoms with Crippen LogP contribution in [0.4, 0.5) is 0 Å². The zero-order valence-corrected chi connectivity index (χ0v) is 7.34. The summed E-state index contributed by atoms with van der Waals surface area (Å²) >= 11 is 0. The molecule has 0 bridgehead atoms. The van der Waals surface area contributed by atoms with Crippen LogP contribution in [0.25, 0.3) is 0 Å². The average molecular weight is 177 g/mol. The summed E-state index contributed by atoms with van der Waals surface area (Å²) in [5.41, 5.74) is 0. The van der Waals surface area contributed by atoms with Crippen LogP contribution >= 0.6 is 21.7 Å². The summed E-state index contributed by atoms with van der Waals surface area (Å²) in [6.07, 6.45) is 3.37. The van der Waals surface area contributed by atoms with E-state index in [1.807, 2.05) is 0 Å². The van der Waals surface area contributed by atoms with Crippen LogP contribution < -0.4 is 0 Å². The van der Waals surface area contributed by atoms with Crippen molar-refractivity contribution in [2.45, 2.75) is 0 Å². The Labute approximate surface area is 69.9 Å². The Morgan fingerprint density at radius 2 is 2.30 bits per heavy atom. The number of allylic oxidation sites excluding steroid dienone is 2. The summed E-state index contributed by atoms with van der Waals surface area (Å²) in [7, 11) is 8.09. The molecule has 0 fully saturated rings. The van der Waals surface area contributed by atoms with E-state index in [0.717, 1.165) is 15.9 Å². The van der Waals surface area contributed by atoms with Gasteiger partial charge < -0.3 is 4.74 Å². The van der Waals surface area contributed by atoms with E-state index in [1.165, 1.54) is 0 Å². The summed E-state index contributed by atoms with van der Waals surface area (Å²) in [6, 6.07) is 0. The first-order chi connectivity index (χ1) is 4.76. The molecule has 0 aliphatic rings. The number of hydrogen-bond acceptors (Lipinski definition) is 2. The lowest BCUT2D eigenvalue weighted by atomic mass is 10.4. The number of ether oxygens (including phenoxy) is 1. The highest BCUT2D eigenvalue weighted by molar-refractivity contribution is 8.24. The van der Waals surface area contributed by atoms with Gasteiger partial charge in [0.1, 0.15) is 5.76 Å². The minimum atomic E-state index is 0.555. The summed E-state index contributed by atoms with van der Waals surface area (Å²) in [5, 5.41) is 0. The summed E-state index contributed by atoms with van der Waals surface area (Å²) in [6.45, 7) is 7.14. The first kappa shape index (κ1) is 9.66. The Balaban J connectivity index is 4.19. The van der Waals surface area contributed by atoms with E-state index >= 15 is 0 Å². The fraction of sp³-hybridized carbons (Fsp3) is 0.143. The standard InChI is InChI=1S/C7H9ClOS/c1-4-5-7(10-8)6(2)9-3/h4-5H,1-2H2,3H3/b7-5+. The zero-order chi connectivity index (χ0) is 7.98. The van der Waals surface area contributed by atoms with Crippen molar-refractivity contribution in [1.29, 1.82) is 0 Å². The number of hydrogen-bond donors (Lipinski definition) is 0. The number of rotatable bonds is 4. The minimum absolute atomic E-state index is 0.555. The highest BCUT2D eigenvalue weighted by atomic mass is 35.7. The Morgan fingerprint density at radius 3 is 2.60 bits per heavy atom. The predicted molar refractivity (Wildman–Crippen MR) is 47.9 cm³/mol. The average Bonchev–Trinajstić information content (AvgIpc) is 1.99. The molecule has 0 N–H and O–H groups in total. The van der Waals surface area contributed by atoms with Crippen LogP contribution in [0.2, 0.25) is 0 Å². The maximum atomic E-state index is 5.48. The molecule has 56 valence electrons. The van der Waals surface area contributed by atoms with Gasteiger partial charge in [0.2, 0.25) is 0 Å². The largest absolute Gasteiger partial charge is 0.496 e. The molecule has 0 aliphatic carbocycles. The quantitative estimate of drug-likeness (QED) is 0.481. The molecule has 0 amide bonds. The van der Waals surface area contributed by atoms with Crippen LogP contribution in [0, 0.1) is 0 Å². The second-order valence-electron chi connectivity index (χ2n) is 1.47. The molecule has 3 heteroatoms. The molecule has 1 nitrogen and oxygen atoms in total. The van der Waals surface area contributed by atoms with E-state index in [4.69, 9.17) is 15.4 Å². The molecule has 0 aliphatic heterocycles. The molecule has 0 heterocycles. The van der Waals surface area contributed by atoms with Crippen molar-refractivity contribution in [3.63, 3.8) is 0 Å². The van der Waals surface area contributed by atoms with Crippen molar-refractivity contribution in [2.75, 3.05) is 7.11 Å². The molecule has 0 saturated heterocycles. The predicted octanol–water partition coefficient (Wildman–Crippen LogP) is 3.10. The molecule has 0 radical (unpaired) electrons. The second-order valence-corrected chi connectivity index (χ2v) is 2.53. The van der Waals surface area contributed by atoms with Crippen molar-refractivity contribution in [3.8, 4) is 0 Å². The van der Waals surface area contributed by atoms with Crippen LogP contribution in [-0.2, 0) is 4.74 Å². The molecule has 0 saturated carbocycles. The topological polar surface area (TPSA) is 9.23 Å². The molecule has 0 spiro atoms. The van der Waals surface area contributed by atoms with Gasteiger partial charge in [-0.05, 0) is 27.7 Å². The van der Waals surface area contributed by atoms with Gasteiger partial charge in [0.15, 0.2) is 0 Å². The molecule has 0 aromatic carbocycles. The lowest BCUT2D eigenvalue weighted by Gasteiger charge is -2.02. The first-order valence-electron chi connectivity index (χ1n) is 2.60. The summed E-state index contributed by atoms with van der Waals surface area (Å²) in [5.74, 6) is 0.555. The molecule has 0 aromatic heterocycles. The lowest BCUT2D eigenvalue weighted by molar-refractivity contribution is 0.307. The van der Waals surface area contributed by atoms with Gasteiger partial charge in [0, 0.05) is 0 Å². The van der Waals surface area contributed by atoms with Gasteiger partial charge in [0.05, 0.1) is 12.0 Å². The second kappa shape index (κ2) is 5.45. The SMILES string of the molecule is C=C/C=C(/SCl)C(=C)OC. The highest BCUT2D eigenvalue weighted by Crippen LogP contribution is 2.26. The summed E-state index contributed by atoms with van der Waals surface area (Å²) < 4.78 is 4.84. The molecular weight excluding hydrogens is 168 g/mol. The van der Waals surface area contributed by atoms with E-state index in [-0.39, 0.29) is 0 Å². The number of halogens is 1. The summed E-state index contributed by atoms with van der Waals surface area (Å²) in [4.78, 5) is 0.777. The van der Waals surface area contributed by atoms with E-state index in [1.54, 1.807) is 19.3 Å². The van der Waals surface area contributed by atoms with Gasteiger partial charge >= 0.3 is 0 Å². The third-order valence-corrected chi connectivity index (χ3v) is 1.90. The Kier molecular flexibility index (Phi) is 5.26. The van der Waals surface area contributed by atoms with Crippen LogP contribution in [0.15, 0.2) is 36.0 Å². The third-order valence-electron chi connectivity index (χ3n) is 0.874. The Bertz CT molecular complexity index is 163. The van der Waals surface area contributed by atoms with Gasteiger partial charge in [-0.25, -0.2) is 0 Å². The fourth-order valence-electron chi connectivity index (χ4n) is 0.369. The Hall–Kier alpha value is -0.340. The van der Waals surface area contributed by atoms with E-state index in [2.05, 4.69) is 13.2 Å². The van der Waals surface area contributed by atoms with Crippen LogP contribution in [-0.4, -0.2) is 7.11 Å². The van der Waals surface area contributed by atoms with Crippen molar-refractivity contribution >= 4 is 21.7 Å². The van der Waals surface area contributed by atoms with Gasteiger partial charge in [-0.3, -0.25) is 0 Å². The monoisotopic (exact) mass is 176 g/mol. The molecular formula is C7H9ClOS. The molecule has 0 rings (SSSR count). The van der Waals surface area contributed by atoms with Gasteiger partial charge in [-0.1, -0.05) is 19.2 Å². The molecule has 10 heavy (non-hydrogen) atoms. The lowest BCUT2D eigenvalue weighted by Crippen LogP contribution is -1.83. The fourth-order valence-corrected chi connectivity index (χ4v) is 1.10. The highest BCUT2D eigenvalue weighted by Gasteiger charge is 1.99. The van der Waals surface area contributed by atoms with Gasteiger partial charge in [0.25, 0.3) is 0 Å². The zero-order valence-electron chi connectivity index (χ0n) is 5.76. The van der Waals surface area contributed by atoms with Gasteiger partial charge in [-0.2, -0.15) is 0 Å². The third kappa shape index (κ3) is 2.99. The Morgan fingerprint density at radius 1 is 1.70 bits per heavy atom. The first-order valence-corrected chi connectivity index (χ1v) is 4.25. The van der Waals surface area contributed by atoms with Crippen LogP contribution in [0.5, 0.6) is 0 Å². The van der Waals surface area contributed by atoms with E-state index in [0.29, 0.717) is 5.76 Å². The maximum absolute atomic E-state index is 5.48. The normalized spacial score (nSPS) is 10.8. The van der Waals surface area contributed by atoms with Crippen molar-refractivity contribution < 1.29 is 4.74 Å². The smallest absolute Gasteiger partial charge is 0.126 e. The van der Waals surface area contributed by atoms with E-state index < -0.39 is 0 Å². The molecule has 0 atom stereocenters. The molecule has 0 unspecified atom stereocenters. The van der Waals surface area contributed by atoms with Crippen molar-refractivity contribution in [2.24, 2.45) is 0 Å². The maximum Gasteiger partial charge on any atom is 0.126 e. The van der Waals surface area contributed by atoms with Crippen LogP contribution in [0.1, 0.15) is 0 Å². The van der Waals surface area contributed by atoms with Crippen LogP contribution in [0.3, 0.4) is 0 Å². The number of methoxy groups -OCH3 is 1. The van der Waals surface area contributed by atoms with Crippen molar-refractivity contribution in [3.05, 3.63) is 36.0 Å².